The van der Waals surface area contributed by atoms with Gasteiger partial charge in [0.15, 0.2) is 5.69 Å². The van der Waals surface area contributed by atoms with E-state index >= 15 is 0 Å². The van der Waals surface area contributed by atoms with Gasteiger partial charge in [-0.25, -0.2) is 14.2 Å². The summed E-state index contributed by atoms with van der Waals surface area (Å²) < 4.78 is 20.2. The smallest absolute Gasteiger partial charge is 0.356 e. The van der Waals surface area contributed by atoms with Crippen LogP contribution in [-0.4, -0.2) is 28.5 Å². The number of carbonyl (C=O) groups excluding carboxylic acids is 2. The van der Waals surface area contributed by atoms with E-state index < -0.39 is 5.97 Å². The van der Waals surface area contributed by atoms with Crippen LogP contribution in [0.5, 0.6) is 0 Å². The highest BCUT2D eigenvalue weighted by atomic mass is 19.1. The number of esters is 1. The first-order valence-corrected chi connectivity index (χ1v) is 8.24. The van der Waals surface area contributed by atoms with Crippen molar-refractivity contribution in [3.63, 3.8) is 0 Å². The van der Waals surface area contributed by atoms with E-state index in [9.17, 15) is 14.0 Å². The molecule has 0 radical (unpaired) electrons. The Morgan fingerprint density at radius 2 is 2.04 bits per heavy atom. The third kappa shape index (κ3) is 3.59. The number of amides is 1. The molecule has 7 nitrogen and oxygen atoms in total. The SMILES string of the molecule is COC(=O)c1c(NC(C)=O)c2cc(NCc3ccccc3F)cnc2n1C. The predicted octanol–water partition coefficient (Wildman–Crippen LogP) is 3.07. The minimum atomic E-state index is -0.583. The van der Waals surface area contributed by atoms with E-state index in [0.717, 1.165) is 0 Å². The number of rotatable bonds is 5. The van der Waals surface area contributed by atoms with Gasteiger partial charge >= 0.3 is 5.97 Å². The molecule has 0 aliphatic heterocycles. The zero-order valence-corrected chi connectivity index (χ0v) is 15.2. The Labute approximate surface area is 155 Å². The van der Waals surface area contributed by atoms with Crippen molar-refractivity contribution in [2.45, 2.75) is 13.5 Å². The number of pyridine rings is 1. The Kier molecular flexibility index (Phi) is 5.07. The number of nitrogens with zero attached hydrogens (tertiary/aromatic N) is 2. The van der Waals surface area contributed by atoms with E-state index in [1.807, 2.05) is 0 Å². The van der Waals surface area contributed by atoms with Crippen LogP contribution in [-0.2, 0) is 23.1 Å². The van der Waals surface area contributed by atoms with Crippen molar-refractivity contribution >= 4 is 34.3 Å². The number of ether oxygens (including phenoxy) is 1. The number of nitrogens with one attached hydrogen (secondary N) is 2. The van der Waals surface area contributed by atoms with E-state index in [4.69, 9.17) is 4.74 Å². The molecule has 0 saturated carbocycles. The summed E-state index contributed by atoms with van der Waals surface area (Å²) in [6.45, 7) is 1.62. The third-order valence-electron chi connectivity index (χ3n) is 4.15. The van der Waals surface area contributed by atoms with Gasteiger partial charge in [-0.1, -0.05) is 18.2 Å². The lowest BCUT2D eigenvalue weighted by molar-refractivity contribution is -0.114. The number of hydrogen-bond acceptors (Lipinski definition) is 5. The first-order valence-electron chi connectivity index (χ1n) is 8.24. The fourth-order valence-corrected chi connectivity index (χ4v) is 2.88. The van der Waals surface area contributed by atoms with E-state index in [1.165, 1.54) is 20.1 Å². The molecule has 3 rings (SSSR count). The van der Waals surface area contributed by atoms with Crippen LogP contribution in [0.2, 0.25) is 0 Å². The molecule has 2 N–H and O–H groups in total. The molecule has 0 aliphatic carbocycles. The second-order valence-electron chi connectivity index (χ2n) is 6.00. The highest BCUT2D eigenvalue weighted by molar-refractivity contribution is 6.10. The first-order chi connectivity index (χ1) is 12.9. The van der Waals surface area contributed by atoms with Crippen LogP contribution in [0.3, 0.4) is 0 Å². The Morgan fingerprint density at radius 3 is 2.70 bits per heavy atom. The maximum atomic E-state index is 13.8. The largest absolute Gasteiger partial charge is 0.464 e. The molecule has 27 heavy (non-hydrogen) atoms. The molecular formula is C19H19FN4O3. The van der Waals surface area contributed by atoms with Gasteiger partial charge in [0.25, 0.3) is 0 Å². The summed E-state index contributed by atoms with van der Waals surface area (Å²) in [5.74, 6) is -1.21. The quantitative estimate of drug-likeness (QED) is 0.674. The Hall–Kier alpha value is -3.42. The summed E-state index contributed by atoms with van der Waals surface area (Å²) in [5, 5.41) is 6.36. The van der Waals surface area contributed by atoms with Gasteiger partial charge in [0.05, 0.1) is 24.7 Å². The minimum Gasteiger partial charge on any atom is -0.464 e. The van der Waals surface area contributed by atoms with Crippen molar-refractivity contribution in [2.75, 3.05) is 17.7 Å². The summed E-state index contributed by atoms with van der Waals surface area (Å²) in [4.78, 5) is 28.1. The number of fused-ring (bicyclic) bond motifs is 1. The molecule has 1 amide bonds. The number of aryl methyl sites for hydroxylation is 1. The summed E-state index contributed by atoms with van der Waals surface area (Å²) in [6, 6.07) is 8.23. The summed E-state index contributed by atoms with van der Waals surface area (Å²) in [7, 11) is 2.94. The summed E-state index contributed by atoms with van der Waals surface area (Å²) in [6.07, 6.45) is 1.59. The molecule has 3 aromatic rings. The van der Waals surface area contributed by atoms with E-state index in [0.29, 0.717) is 28.0 Å². The van der Waals surface area contributed by atoms with Crippen molar-refractivity contribution in [1.29, 1.82) is 0 Å². The average molecular weight is 370 g/mol. The maximum Gasteiger partial charge on any atom is 0.356 e. The topological polar surface area (TPSA) is 85.2 Å². The highest BCUT2D eigenvalue weighted by Crippen LogP contribution is 2.31. The number of benzene rings is 1. The van der Waals surface area contributed by atoms with E-state index in [-0.39, 0.29) is 24.0 Å². The number of aromatic nitrogens is 2. The van der Waals surface area contributed by atoms with Crippen molar-refractivity contribution in [3.05, 3.63) is 53.6 Å². The normalized spacial score (nSPS) is 10.7. The van der Waals surface area contributed by atoms with Crippen LogP contribution in [0.25, 0.3) is 11.0 Å². The predicted molar refractivity (Wildman–Crippen MR) is 100 cm³/mol. The third-order valence-corrected chi connectivity index (χ3v) is 4.15. The van der Waals surface area contributed by atoms with Crippen LogP contribution >= 0.6 is 0 Å². The van der Waals surface area contributed by atoms with E-state index in [1.54, 1.807) is 42.1 Å². The molecule has 2 heterocycles. The van der Waals surface area contributed by atoms with Crippen LogP contribution < -0.4 is 10.6 Å². The Balaban J connectivity index is 2.01. The first kappa shape index (κ1) is 18.4. The summed E-state index contributed by atoms with van der Waals surface area (Å²) in [5.41, 5.74) is 2.17. The standard InChI is InChI=1S/C19H19FN4O3/c1-11(25)23-16-14-8-13(21-9-12-6-4-5-7-15(12)20)10-22-18(14)24(2)17(16)19(26)27-3/h4-8,10,21H,9H2,1-3H3,(H,23,25). The van der Waals surface area contributed by atoms with Crippen LogP contribution in [0.15, 0.2) is 36.5 Å². The lowest BCUT2D eigenvalue weighted by Crippen LogP contribution is -2.13. The molecule has 0 fully saturated rings. The van der Waals surface area contributed by atoms with Gasteiger partial charge in [-0.05, 0) is 12.1 Å². The van der Waals surface area contributed by atoms with Gasteiger partial charge in [-0.15, -0.1) is 0 Å². The number of methoxy groups -OCH3 is 1. The zero-order valence-electron chi connectivity index (χ0n) is 15.2. The minimum absolute atomic E-state index is 0.196. The van der Waals surface area contributed by atoms with Gasteiger partial charge in [0.2, 0.25) is 5.91 Å². The molecule has 0 saturated heterocycles. The van der Waals surface area contributed by atoms with Crippen LogP contribution in [0, 0.1) is 5.82 Å². The zero-order chi connectivity index (χ0) is 19.6. The molecule has 0 spiro atoms. The van der Waals surface area contributed by atoms with Crippen molar-refractivity contribution in [1.82, 2.24) is 9.55 Å². The van der Waals surface area contributed by atoms with Crippen molar-refractivity contribution in [3.8, 4) is 0 Å². The Bertz CT molecular complexity index is 1030. The molecule has 1 aromatic carbocycles. The molecule has 140 valence electrons. The highest BCUT2D eigenvalue weighted by Gasteiger charge is 2.23. The van der Waals surface area contributed by atoms with Crippen molar-refractivity contribution in [2.24, 2.45) is 7.05 Å². The van der Waals surface area contributed by atoms with Crippen LogP contribution in [0.4, 0.5) is 15.8 Å². The van der Waals surface area contributed by atoms with Crippen LogP contribution in [0.1, 0.15) is 23.0 Å². The maximum absolute atomic E-state index is 13.8. The molecule has 2 aromatic heterocycles. The van der Waals surface area contributed by atoms with Gasteiger partial charge in [-0.2, -0.15) is 0 Å². The molecule has 0 bridgehead atoms. The second-order valence-corrected chi connectivity index (χ2v) is 6.00. The van der Waals surface area contributed by atoms with Gasteiger partial charge in [-0.3, -0.25) is 4.79 Å². The molecule has 0 aliphatic rings. The molecular weight excluding hydrogens is 351 g/mol. The van der Waals surface area contributed by atoms with E-state index in [2.05, 4.69) is 15.6 Å². The number of hydrogen-bond donors (Lipinski definition) is 2. The Morgan fingerprint density at radius 1 is 1.30 bits per heavy atom. The molecule has 8 heteroatoms. The molecule has 0 unspecified atom stereocenters. The number of halogens is 1. The monoisotopic (exact) mass is 370 g/mol. The van der Waals surface area contributed by atoms with Crippen molar-refractivity contribution < 1.29 is 18.7 Å². The molecule has 0 atom stereocenters. The average Bonchev–Trinajstić information content (AvgIpc) is 2.91. The lowest BCUT2D eigenvalue weighted by atomic mass is 10.2. The number of anilines is 2. The fraction of sp³-hybridized carbons (Fsp3) is 0.211. The van der Waals surface area contributed by atoms with Gasteiger partial charge in [0, 0.05) is 31.5 Å². The summed E-state index contributed by atoms with van der Waals surface area (Å²) >= 11 is 0. The second kappa shape index (κ2) is 7.45. The van der Waals surface area contributed by atoms with Gasteiger partial charge < -0.3 is 19.9 Å². The fourth-order valence-electron chi connectivity index (χ4n) is 2.88. The lowest BCUT2D eigenvalue weighted by Gasteiger charge is -2.08. The number of carbonyl (C=O) groups is 2. The van der Waals surface area contributed by atoms with Gasteiger partial charge in [0.1, 0.15) is 11.5 Å².